The average Bonchev–Trinajstić information content (AvgIpc) is 3.09. The van der Waals surface area contributed by atoms with Crippen molar-refractivity contribution in [3.63, 3.8) is 0 Å². The fraction of sp³-hybridized carbons (Fsp3) is 0.667. The number of aromatic nitrogens is 2. The minimum Gasteiger partial charge on any atom is -0.369 e. The molecule has 2 rings (SSSR count). The zero-order valence-corrected chi connectivity index (χ0v) is 10.3. The normalized spacial score (nSPS) is 16.9. The highest BCUT2D eigenvalue weighted by atomic mass is 15.1. The minimum absolute atomic E-state index is 0.539. The van der Waals surface area contributed by atoms with E-state index in [9.17, 15) is 0 Å². The van der Waals surface area contributed by atoms with Crippen LogP contribution in [0.15, 0.2) is 6.20 Å². The molecule has 2 N–H and O–H groups in total. The number of nitrogens with zero attached hydrogens (tertiary/aromatic N) is 2. The Bertz CT molecular complexity index is 371. The quantitative estimate of drug-likeness (QED) is 0.800. The maximum atomic E-state index is 4.42. The van der Waals surface area contributed by atoms with Crippen LogP contribution in [0.2, 0.25) is 0 Å². The molecule has 0 bridgehead atoms. The Balaban J connectivity index is 2.03. The largest absolute Gasteiger partial charge is 0.369 e. The summed E-state index contributed by atoms with van der Waals surface area (Å²) in [5, 5.41) is 6.41. The van der Waals surface area contributed by atoms with Crippen molar-refractivity contribution in [2.45, 2.75) is 33.1 Å². The first-order valence-corrected chi connectivity index (χ1v) is 5.94. The molecule has 0 amide bonds. The van der Waals surface area contributed by atoms with Crippen LogP contribution in [-0.2, 0) is 0 Å². The summed E-state index contributed by atoms with van der Waals surface area (Å²) >= 11 is 0. The molecule has 0 atom stereocenters. The molecular weight excluding hydrogens is 200 g/mol. The van der Waals surface area contributed by atoms with Gasteiger partial charge in [-0.3, -0.25) is 0 Å². The molecular formula is C12H20N4. The summed E-state index contributed by atoms with van der Waals surface area (Å²) in [6.07, 6.45) is 5.80. The highest BCUT2D eigenvalue weighted by Gasteiger charge is 2.40. The predicted molar refractivity (Wildman–Crippen MR) is 66.8 cm³/mol. The van der Waals surface area contributed by atoms with E-state index in [1.165, 1.54) is 19.3 Å². The number of aryl methyl sites for hydroxylation is 1. The van der Waals surface area contributed by atoms with Crippen LogP contribution in [0, 0.1) is 12.3 Å². The zero-order valence-electron chi connectivity index (χ0n) is 10.3. The maximum absolute atomic E-state index is 4.42. The molecule has 16 heavy (non-hydrogen) atoms. The van der Waals surface area contributed by atoms with Crippen molar-refractivity contribution in [1.82, 2.24) is 9.97 Å². The maximum Gasteiger partial charge on any atom is 0.224 e. The standard InChI is InChI=1S/C12H20N4/c1-4-12(5-6-12)8-15-10-9(2)7-14-11(13-3)16-10/h7H,4-6,8H2,1-3H3,(H2,13,14,15,16). The van der Waals surface area contributed by atoms with Crippen molar-refractivity contribution in [3.8, 4) is 0 Å². The van der Waals surface area contributed by atoms with Crippen LogP contribution in [0.25, 0.3) is 0 Å². The van der Waals surface area contributed by atoms with E-state index in [0.29, 0.717) is 11.4 Å². The molecule has 1 aromatic rings. The van der Waals surface area contributed by atoms with Crippen LogP contribution in [0.3, 0.4) is 0 Å². The predicted octanol–water partition coefficient (Wildman–Crippen LogP) is 2.43. The highest BCUT2D eigenvalue weighted by molar-refractivity contribution is 5.46. The van der Waals surface area contributed by atoms with Crippen LogP contribution in [-0.4, -0.2) is 23.6 Å². The van der Waals surface area contributed by atoms with Gasteiger partial charge >= 0.3 is 0 Å². The van der Waals surface area contributed by atoms with Crippen LogP contribution >= 0.6 is 0 Å². The number of hydrogen-bond donors (Lipinski definition) is 2. The van der Waals surface area contributed by atoms with Crippen LogP contribution in [0.1, 0.15) is 31.7 Å². The molecule has 0 aliphatic heterocycles. The summed E-state index contributed by atoms with van der Waals surface area (Å²) in [6.45, 7) is 5.33. The Kier molecular flexibility index (Phi) is 2.99. The van der Waals surface area contributed by atoms with Crippen molar-refractivity contribution in [2.75, 3.05) is 24.2 Å². The summed E-state index contributed by atoms with van der Waals surface area (Å²) in [6, 6.07) is 0. The molecule has 0 aromatic carbocycles. The Labute approximate surface area is 96.9 Å². The van der Waals surface area contributed by atoms with E-state index in [1.807, 2.05) is 20.2 Å². The molecule has 1 aliphatic carbocycles. The topological polar surface area (TPSA) is 49.8 Å². The number of rotatable bonds is 5. The molecule has 88 valence electrons. The Morgan fingerprint density at radius 1 is 1.44 bits per heavy atom. The molecule has 4 nitrogen and oxygen atoms in total. The average molecular weight is 220 g/mol. The number of hydrogen-bond acceptors (Lipinski definition) is 4. The molecule has 1 heterocycles. The summed E-state index contributed by atoms with van der Waals surface area (Å²) in [4.78, 5) is 8.60. The van der Waals surface area contributed by atoms with Gasteiger partial charge in [0.15, 0.2) is 0 Å². The molecule has 1 aliphatic rings. The Morgan fingerprint density at radius 3 is 2.75 bits per heavy atom. The number of anilines is 2. The van der Waals surface area contributed by atoms with Gasteiger partial charge < -0.3 is 10.6 Å². The van der Waals surface area contributed by atoms with Gasteiger partial charge in [-0.15, -0.1) is 0 Å². The van der Waals surface area contributed by atoms with Gasteiger partial charge in [0, 0.05) is 25.4 Å². The van der Waals surface area contributed by atoms with E-state index >= 15 is 0 Å². The van der Waals surface area contributed by atoms with Crippen molar-refractivity contribution < 1.29 is 0 Å². The molecule has 0 unspecified atom stereocenters. The van der Waals surface area contributed by atoms with Crippen molar-refractivity contribution >= 4 is 11.8 Å². The van der Waals surface area contributed by atoms with Crippen LogP contribution in [0.4, 0.5) is 11.8 Å². The second-order valence-corrected chi connectivity index (χ2v) is 4.68. The second-order valence-electron chi connectivity index (χ2n) is 4.68. The monoisotopic (exact) mass is 220 g/mol. The van der Waals surface area contributed by atoms with Gasteiger partial charge in [0.05, 0.1) is 0 Å². The van der Waals surface area contributed by atoms with E-state index < -0.39 is 0 Å². The van der Waals surface area contributed by atoms with Gasteiger partial charge in [-0.1, -0.05) is 6.92 Å². The molecule has 0 radical (unpaired) electrons. The van der Waals surface area contributed by atoms with Crippen molar-refractivity contribution in [1.29, 1.82) is 0 Å². The van der Waals surface area contributed by atoms with Gasteiger partial charge in [-0.05, 0) is 31.6 Å². The number of nitrogens with one attached hydrogen (secondary N) is 2. The highest BCUT2D eigenvalue weighted by Crippen LogP contribution is 2.48. The van der Waals surface area contributed by atoms with E-state index in [2.05, 4.69) is 27.5 Å². The van der Waals surface area contributed by atoms with Crippen LogP contribution < -0.4 is 10.6 Å². The Morgan fingerprint density at radius 2 is 2.19 bits per heavy atom. The lowest BCUT2D eigenvalue weighted by Gasteiger charge is -2.15. The van der Waals surface area contributed by atoms with Gasteiger partial charge in [0.2, 0.25) is 5.95 Å². The second kappa shape index (κ2) is 4.28. The van der Waals surface area contributed by atoms with Gasteiger partial charge in [0.25, 0.3) is 0 Å². The fourth-order valence-corrected chi connectivity index (χ4v) is 1.84. The van der Waals surface area contributed by atoms with Gasteiger partial charge in [-0.2, -0.15) is 4.98 Å². The third kappa shape index (κ3) is 2.26. The summed E-state index contributed by atoms with van der Waals surface area (Å²) in [5.74, 6) is 1.63. The van der Waals surface area contributed by atoms with E-state index in [-0.39, 0.29) is 0 Å². The summed E-state index contributed by atoms with van der Waals surface area (Å²) in [5.41, 5.74) is 1.64. The third-order valence-corrected chi connectivity index (χ3v) is 3.53. The molecule has 1 fully saturated rings. The zero-order chi connectivity index (χ0) is 11.6. The van der Waals surface area contributed by atoms with E-state index in [1.54, 1.807) is 0 Å². The molecule has 4 heteroatoms. The third-order valence-electron chi connectivity index (χ3n) is 3.53. The summed E-state index contributed by atoms with van der Waals surface area (Å²) in [7, 11) is 1.84. The first-order chi connectivity index (χ1) is 7.69. The van der Waals surface area contributed by atoms with Crippen LogP contribution in [0.5, 0.6) is 0 Å². The fourth-order valence-electron chi connectivity index (χ4n) is 1.84. The Hall–Kier alpha value is -1.32. The molecule has 1 aromatic heterocycles. The molecule has 0 spiro atoms. The van der Waals surface area contributed by atoms with Crippen molar-refractivity contribution in [2.24, 2.45) is 5.41 Å². The first-order valence-electron chi connectivity index (χ1n) is 5.94. The molecule has 0 saturated heterocycles. The first kappa shape index (κ1) is 11.2. The van der Waals surface area contributed by atoms with Gasteiger partial charge in [-0.25, -0.2) is 4.98 Å². The smallest absolute Gasteiger partial charge is 0.224 e. The van der Waals surface area contributed by atoms with Gasteiger partial charge in [0.1, 0.15) is 5.82 Å². The van der Waals surface area contributed by atoms with Crippen molar-refractivity contribution in [3.05, 3.63) is 11.8 Å². The lowest BCUT2D eigenvalue weighted by atomic mass is 10.0. The SMILES string of the molecule is CCC1(CNc2nc(NC)ncc2C)CC1. The van der Waals surface area contributed by atoms with E-state index in [4.69, 9.17) is 0 Å². The lowest BCUT2D eigenvalue weighted by molar-refractivity contribution is 0.520. The van der Waals surface area contributed by atoms with E-state index in [0.717, 1.165) is 17.9 Å². The summed E-state index contributed by atoms with van der Waals surface area (Å²) < 4.78 is 0. The molecule has 1 saturated carbocycles. The lowest BCUT2D eigenvalue weighted by Crippen LogP contribution is -2.16. The minimum atomic E-state index is 0.539.